The number of amides is 2. The van der Waals surface area contributed by atoms with E-state index in [-0.39, 0.29) is 37.7 Å². The number of carbonyl (C=O) groups excluding carboxylic acids is 2. The number of carboxylic acid groups (broad SMARTS) is 2. The van der Waals surface area contributed by atoms with Crippen LogP contribution in [0.3, 0.4) is 0 Å². The molecule has 0 fully saturated rings. The summed E-state index contributed by atoms with van der Waals surface area (Å²) >= 11 is 0. The van der Waals surface area contributed by atoms with Crippen molar-refractivity contribution in [1.29, 1.82) is 0 Å². The van der Waals surface area contributed by atoms with Crippen molar-refractivity contribution in [2.24, 2.45) is 0 Å². The van der Waals surface area contributed by atoms with Gasteiger partial charge in [0.05, 0.1) is 37.7 Å². The summed E-state index contributed by atoms with van der Waals surface area (Å²) < 4.78 is 32.2. The van der Waals surface area contributed by atoms with Crippen LogP contribution in [0.4, 0.5) is 5.69 Å². The van der Waals surface area contributed by atoms with Gasteiger partial charge < -0.3 is 14.9 Å². The number of carboxylic acids is 2. The first-order valence-corrected chi connectivity index (χ1v) is 12.8. The Bertz CT molecular complexity index is 1780. The molecule has 5 rings (SSSR count). The number of fused-ring (bicyclic) bond motifs is 1. The minimum atomic E-state index is -4.09. The van der Waals surface area contributed by atoms with Gasteiger partial charge in [0.25, 0.3) is 11.8 Å². The van der Waals surface area contributed by atoms with Gasteiger partial charge in [0.1, 0.15) is 11.5 Å². The summed E-state index contributed by atoms with van der Waals surface area (Å²) in [5, 5.41) is 18.2. The molecule has 11 heteroatoms. The molecule has 2 amide bonds. The molecule has 0 bridgehead atoms. The van der Waals surface area contributed by atoms with E-state index < -0.39 is 33.6 Å². The Morgan fingerprint density at radius 3 is 1.82 bits per heavy atom. The molecule has 1 heterocycles. The van der Waals surface area contributed by atoms with E-state index in [1.54, 1.807) is 0 Å². The molecular formula is C28H17NO9S. The van der Waals surface area contributed by atoms with Crippen LogP contribution in [0, 0.1) is 0 Å². The maximum atomic E-state index is 13.3. The molecule has 0 unspecified atom stereocenters. The monoisotopic (exact) mass is 543 g/mol. The number of hydrogen-bond donors (Lipinski definition) is 2. The number of benzene rings is 4. The summed E-state index contributed by atoms with van der Waals surface area (Å²) in [6, 6.07) is 20.1. The molecule has 4 aromatic carbocycles. The minimum absolute atomic E-state index is 0.00246. The Hall–Kier alpha value is -5.29. The van der Waals surface area contributed by atoms with E-state index in [9.17, 15) is 32.7 Å². The van der Waals surface area contributed by atoms with Crippen LogP contribution in [-0.2, 0) is 9.84 Å². The predicted octanol–water partition coefficient (Wildman–Crippen LogP) is 4.51. The number of aromatic carboxylic acids is 2. The van der Waals surface area contributed by atoms with Crippen LogP contribution in [0.25, 0.3) is 0 Å². The number of carbonyl (C=O) groups is 4. The van der Waals surface area contributed by atoms with Gasteiger partial charge in [0.2, 0.25) is 9.84 Å². The molecule has 1 aliphatic heterocycles. The number of sulfone groups is 1. The molecule has 4 aromatic rings. The highest BCUT2D eigenvalue weighted by Gasteiger charge is 2.38. The van der Waals surface area contributed by atoms with E-state index in [0.717, 1.165) is 11.0 Å². The van der Waals surface area contributed by atoms with E-state index in [1.807, 2.05) is 0 Å². The van der Waals surface area contributed by atoms with Crippen molar-refractivity contribution >= 4 is 39.3 Å². The van der Waals surface area contributed by atoms with E-state index in [4.69, 9.17) is 9.84 Å². The van der Waals surface area contributed by atoms with Gasteiger partial charge in [-0.1, -0.05) is 6.07 Å². The van der Waals surface area contributed by atoms with Gasteiger partial charge in [-0.25, -0.2) is 22.9 Å². The number of ether oxygens (including phenoxy) is 1. The average molecular weight is 544 g/mol. The van der Waals surface area contributed by atoms with Crippen LogP contribution < -0.4 is 9.64 Å². The zero-order valence-corrected chi connectivity index (χ0v) is 20.6. The molecule has 39 heavy (non-hydrogen) atoms. The van der Waals surface area contributed by atoms with Gasteiger partial charge in [-0.2, -0.15) is 0 Å². The van der Waals surface area contributed by atoms with Gasteiger partial charge in [0.15, 0.2) is 0 Å². The third-order valence-electron chi connectivity index (χ3n) is 5.99. The first-order valence-electron chi connectivity index (χ1n) is 11.3. The molecule has 0 spiro atoms. The molecule has 10 nitrogen and oxygen atoms in total. The summed E-state index contributed by atoms with van der Waals surface area (Å²) in [5.41, 5.74) is -0.0881. The molecule has 2 N–H and O–H groups in total. The van der Waals surface area contributed by atoms with E-state index in [0.29, 0.717) is 11.5 Å². The van der Waals surface area contributed by atoms with Crippen LogP contribution >= 0.6 is 0 Å². The summed E-state index contributed by atoms with van der Waals surface area (Å²) in [7, 11) is -4.09. The predicted molar refractivity (Wildman–Crippen MR) is 136 cm³/mol. The molecule has 0 aliphatic carbocycles. The standard InChI is InChI=1S/C28H17NO9S/c30-25-23-13-12-22(15-24(23)26(31)29(25)18-3-1-2-17(14-18)28(34)35)39(36,37)21-10-8-20(9-11-21)38-19-6-4-16(5-7-19)27(32)33/h1-15H,(H,32,33)(H,34,35). The normalized spacial score (nSPS) is 12.8. The second-order valence-corrected chi connectivity index (χ2v) is 10.4. The van der Waals surface area contributed by atoms with Gasteiger partial charge >= 0.3 is 11.9 Å². The van der Waals surface area contributed by atoms with Crippen LogP contribution in [0.5, 0.6) is 11.5 Å². The molecule has 194 valence electrons. The van der Waals surface area contributed by atoms with Crippen LogP contribution in [0.15, 0.2) is 101 Å². The molecular weight excluding hydrogens is 526 g/mol. The highest BCUT2D eigenvalue weighted by molar-refractivity contribution is 7.91. The zero-order chi connectivity index (χ0) is 27.9. The molecule has 0 saturated carbocycles. The Kier molecular flexibility index (Phi) is 6.21. The van der Waals surface area contributed by atoms with Gasteiger partial charge in [-0.15, -0.1) is 0 Å². The zero-order valence-electron chi connectivity index (χ0n) is 19.8. The van der Waals surface area contributed by atoms with E-state index in [2.05, 4.69) is 0 Å². The summed E-state index contributed by atoms with van der Waals surface area (Å²) in [6.07, 6.45) is 0. The lowest BCUT2D eigenvalue weighted by Gasteiger charge is -2.14. The third-order valence-corrected chi connectivity index (χ3v) is 7.76. The smallest absolute Gasteiger partial charge is 0.335 e. The number of anilines is 1. The lowest BCUT2D eigenvalue weighted by atomic mass is 10.1. The van der Waals surface area contributed by atoms with Gasteiger partial charge in [-0.05, 0) is 84.9 Å². The third kappa shape index (κ3) is 4.62. The second kappa shape index (κ2) is 9.54. The van der Waals surface area contributed by atoms with Crippen LogP contribution in [0.2, 0.25) is 0 Å². The van der Waals surface area contributed by atoms with Crippen molar-refractivity contribution in [3.05, 3.63) is 113 Å². The topological polar surface area (TPSA) is 155 Å². The number of rotatable bonds is 7. The Labute approximate surface area is 221 Å². The van der Waals surface area contributed by atoms with Gasteiger partial charge in [-0.3, -0.25) is 9.59 Å². The summed E-state index contributed by atoms with van der Waals surface area (Å²) in [6.45, 7) is 0. The van der Waals surface area contributed by atoms with Crippen LogP contribution in [0.1, 0.15) is 41.4 Å². The van der Waals surface area contributed by atoms with Crippen molar-refractivity contribution in [2.45, 2.75) is 9.79 Å². The molecule has 0 radical (unpaired) electrons. The SMILES string of the molecule is O=C(O)c1ccc(Oc2ccc(S(=O)(=O)c3ccc4c(c3)C(=O)N(c3cccc(C(=O)O)c3)C4=O)cc2)cc1. The molecule has 1 aliphatic rings. The minimum Gasteiger partial charge on any atom is -0.478 e. The Morgan fingerprint density at radius 2 is 1.21 bits per heavy atom. The fourth-order valence-corrected chi connectivity index (χ4v) is 5.31. The summed E-state index contributed by atoms with van der Waals surface area (Å²) in [5.74, 6) is -3.10. The molecule has 0 aromatic heterocycles. The first-order chi connectivity index (χ1) is 18.6. The van der Waals surface area contributed by atoms with Gasteiger partial charge in [0, 0.05) is 0 Å². The van der Waals surface area contributed by atoms with Crippen molar-refractivity contribution < 1.29 is 42.5 Å². The highest BCUT2D eigenvalue weighted by Crippen LogP contribution is 2.33. The largest absolute Gasteiger partial charge is 0.478 e. The Balaban J connectivity index is 1.40. The second-order valence-electron chi connectivity index (χ2n) is 8.42. The lowest BCUT2D eigenvalue weighted by molar-refractivity contribution is 0.0686. The van der Waals surface area contributed by atoms with Crippen molar-refractivity contribution in [3.8, 4) is 11.5 Å². The first kappa shape index (κ1) is 25.4. The quantitative estimate of drug-likeness (QED) is 0.320. The van der Waals surface area contributed by atoms with E-state index in [1.165, 1.54) is 84.9 Å². The fourth-order valence-electron chi connectivity index (χ4n) is 4.02. The molecule has 0 atom stereocenters. The molecule has 0 saturated heterocycles. The van der Waals surface area contributed by atoms with Crippen molar-refractivity contribution in [3.63, 3.8) is 0 Å². The number of hydrogen-bond acceptors (Lipinski definition) is 7. The summed E-state index contributed by atoms with van der Waals surface area (Å²) in [4.78, 5) is 48.8. The lowest BCUT2D eigenvalue weighted by Crippen LogP contribution is -2.29. The number of nitrogens with zero attached hydrogens (tertiary/aromatic N) is 1. The average Bonchev–Trinajstić information content (AvgIpc) is 3.18. The van der Waals surface area contributed by atoms with Crippen LogP contribution in [-0.4, -0.2) is 42.4 Å². The van der Waals surface area contributed by atoms with Crippen molar-refractivity contribution in [1.82, 2.24) is 0 Å². The fraction of sp³-hybridized carbons (Fsp3) is 0. The van der Waals surface area contributed by atoms with E-state index >= 15 is 0 Å². The number of imide groups is 1. The maximum absolute atomic E-state index is 13.3. The van der Waals surface area contributed by atoms with Crippen molar-refractivity contribution in [2.75, 3.05) is 4.90 Å². The Morgan fingerprint density at radius 1 is 0.641 bits per heavy atom. The highest BCUT2D eigenvalue weighted by atomic mass is 32.2. The maximum Gasteiger partial charge on any atom is 0.335 e.